The Labute approximate surface area is 223 Å². The second kappa shape index (κ2) is 12.3. The molecule has 2 N–H and O–H groups in total. The Kier molecular flexibility index (Phi) is 8.85. The lowest BCUT2D eigenvalue weighted by atomic mass is 9.76. The molecule has 1 aliphatic rings. The number of halogens is 1. The second-order valence-electron chi connectivity index (χ2n) is 9.82. The Morgan fingerprint density at radius 1 is 0.973 bits per heavy atom. The summed E-state index contributed by atoms with van der Waals surface area (Å²) in [7, 11) is 0. The first-order valence-corrected chi connectivity index (χ1v) is 12.9. The van der Waals surface area contributed by atoms with E-state index in [0.29, 0.717) is 41.5 Å². The topological polar surface area (TPSA) is 76.7 Å². The maximum atomic E-state index is 12.5. The molecule has 1 saturated heterocycles. The van der Waals surface area contributed by atoms with Gasteiger partial charge in [0, 0.05) is 29.2 Å². The number of carbonyl (C=O) groups is 2. The lowest BCUT2D eigenvalue weighted by Gasteiger charge is -2.39. The molecule has 2 amide bonds. The fourth-order valence-electron chi connectivity index (χ4n) is 4.80. The Bertz CT molecular complexity index is 1230. The number of hydrogen-bond donors (Lipinski definition) is 2. The third-order valence-corrected chi connectivity index (χ3v) is 6.90. The van der Waals surface area contributed by atoms with E-state index in [-0.39, 0.29) is 24.5 Å². The van der Waals surface area contributed by atoms with Crippen LogP contribution in [-0.2, 0) is 14.3 Å². The average Bonchev–Trinajstić information content (AvgIpc) is 2.87. The van der Waals surface area contributed by atoms with Gasteiger partial charge in [0.1, 0.15) is 5.75 Å². The molecule has 6 nitrogen and oxygen atoms in total. The summed E-state index contributed by atoms with van der Waals surface area (Å²) < 4.78 is 12.2. The van der Waals surface area contributed by atoms with Gasteiger partial charge in [0.2, 0.25) is 5.91 Å². The van der Waals surface area contributed by atoms with Gasteiger partial charge in [-0.15, -0.1) is 0 Å². The quantitative estimate of drug-likeness (QED) is 0.341. The van der Waals surface area contributed by atoms with Crippen molar-refractivity contribution in [3.05, 3.63) is 88.9 Å². The first kappa shape index (κ1) is 26.7. The minimum absolute atomic E-state index is 0.0440. The monoisotopic (exact) mass is 520 g/mol. The fraction of sp³-hybridized carbons (Fsp3) is 0.333. The summed E-state index contributed by atoms with van der Waals surface area (Å²) in [5.74, 6) is 1.25. The highest BCUT2D eigenvalue weighted by molar-refractivity contribution is 6.30. The molecule has 4 rings (SSSR count). The molecule has 0 radical (unpaired) electrons. The number of anilines is 2. The molecule has 194 valence electrons. The van der Waals surface area contributed by atoms with Gasteiger partial charge in [0.15, 0.2) is 6.61 Å². The van der Waals surface area contributed by atoms with E-state index < -0.39 is 0 Å². The van der Waals surface area contributed by atoms with Crippen molar-refractivity contribution in [2.45, 2.75) is 39.2 Å². The summed E-state index contributed by atoms with van der Waals surface area (Å²) >= 11 is 6.07. The van der Waals surface area contributed by atoms with Crippen molar-refractivity contribution in [2.24, 2.45) is 11.8 Å². The first-order chi connectivity index (χ1) is 17.8. The number of ether oxygens (including phenoxy) is 2. The van der Waals surface area contributed by atoms with E-state index >= 15 is 0 Å². The van der Waals surface area contributed by atoms with Crippen LogP contribution in [0.5, 0.6) is 5.75 Å². The van der Waals surface area contributed by atoms with Crippen molar-refractivity contribution < 1.29 is 19.1 Å². The third-order valence-electron chi connectivity index (χ3n) is 6.64. The van der Waals surface area contributed by atoms with Crippen LogP contribution in [0, 0.1) is 11.8 Å². The van der Waals surface area contributed by atoms with Crippen LogP contribution in [0.25, 0.3) is 0 Å². The molecule has 0 spiro atoms. The number of benzene rings is 3. The van der Waals surface area contributed by atoms with Gasteiger partial charge in [0.05, 0.1) is 12.7 Å². The first-order valence-electron chi connectivity index (χ1n) is 12.6. The van der Waals surface area contributed by atoms with Crippen molar-refractivity contribution in [1.29, 1.82) is 0 Å². The molecule has 1 fully saturated rings. The number of nitrogens with one attached hydrogen (secondary N) is 2. The van der Waals surface area contributed by atoms with E-state index in [1.165, 1.54) is 12.5 Å². The molecule has 0 bridgehead atoms. The van der Waals surface area contributed by atoms with Gasteiger partial charge in [-0.25, -0.2) is 0 Å². The van der Waals surface area contributed by atoms with Crippen molar-refractivity contribution in [3.63, 3.8) is 0 Å². The minimum Gasteiger partial charge on any atom is -0.484 e. The second-order valence-corrected chi connectivity index (χ2v) is 10.3. The summed E-state index contributed by atoms with van der Waals surface area (Å²) in [6.45, 7) is 6.41. The Morgan fingerprint density at radius 2 is 1.68 bits per heavy atom. The molecule has 1 heterocycles. The number of carbonyl (C=O) groups excluding carboxylic acids is 2. The zero-order chi connectivity index (χ0) is 26.4. The summed E-state index contributed by atoms with van der Waals surface area (Å²) in [5, 5.41) is 6.24. The van der Waals surface area contributed by atoms with E-state index in [1.54, 1.807) is 24.3 Å². The summed E-state index contributed by atoms with van der Waals surface area (Å²) in [6, 6.07) is 22.8. The highest BCUT2D eigenvalue weighted by Crippen LogP contribution is 2.44. The maximum Gasteiger partial charge on any atom is 0.262 e. The van der Waals surface area contributed by atoms with E-state index in [0.717, 1.165) is 17.0 Å². The van der Waals surface area contributed by atoms with Gasteiger partial charge in [-0.2, -0.15) is 0 Å². The standard InChI is InChI=1S/C30H33ClN2O4/c1-19(2)28-15-23(21-10-12-24(31)13-11-21)17-37-30(28)22-6-4-9-27(14-22)36-18-29(35)33-26-8-5-7-25(16-26)32-20(3)34/h4-14,16,19,23,28,30H,15,17-18H2,1-3H3,(H,32,34)(H,33,35)/t23-,28-,30-/m0/s1. The highest BCUT2D eigenvalue weighted by atomic mass is 35.5. The molecule has 3 aromatic rings. The largest absolute Gasteiger partial charge is 0.484 e. The molecule has 3 aromatic carbocycles. The van der Waals surface area contributed by atoms with Gasteiger partial charge in [-0.1, -0.05) is 55.8 Å². The van der Waals surface area contributed by atoms with Crippen LogP contribution >= 0.6 is 11.6 Å². The molecule has 1 aliphatic heterocycles. The van der Waals surface area contributed by atoms with Crippen LogP contribution in [0.2, 0.25) is 5.02 Å². The Hall–Kier alpha value is -3.35. The molecular weight excluding hydrogens is 488 g/mol. The van der Waals surface area contributed by atoms with Gasteiger partial charge in [-0.05, 0) is 71.8 Å². The predicted molar refractivity (Wildman–Crippen MR) is 147 cm³/mol. The normalized spacial score (nSPS) is 19.3. The van der Waals surface area contributed by atoms with Crippen molar-refractivity contribution in [2.75, 3.05) is 23.8 Å². The Morgan fingerprint density at radius 3 is 2.38 bits per heavy atom. The third kappa shape index (κ3) is 7.34. The van der Waals surface area contributed by atoms with Gasteiger partial charge in [-0.3, -0.25) is 9.59 Å². The zero-order valence-corrected chi connectivity index (χ0v) is 22.1. The zero-order valence-electron chi connectivity index (χ0n) is 21.4. The van der Waals surface area contributed by atoms with Crippen molar-refractivity contribution in [3.8, 4) is 5.75 Å². The molecule has 0 aromatic heterocycles. The summed E-state index contributed by atoms with van der Waals surface area (Å²) in [4.78, 5) is 23.7. The summed E-state index contributed by atoms with van der Waals surface area (Å²) in [5.41, 5.74) is 3.50. The molecule has 0 saturated carbocycles. The van der Waals surface area contributed by atoms with E-state index in [1.807, 2.05) is 30.3 Å². The fourth-order valence-corrected chi connectivity index (χ4v) is 4.93. The average molecular weight is 521 g/mol. The van der Waals surface area contributed by atoms with E-state index in [9.17, 15) is 9.59 Å². The van der Waals surface area contributed by atoms with E-state index in [2.05, 4.69) is 42.7 Å². The van der Waals surface area contributed by atoms with Crippen molar-refractivity contribution >= 4 is 34.8 Å². The van der Waals surface area contributed by atoms with Crippen LogP contribution < -0.4 is 15.4 Å². The van der Waals surface area contributed by atoms with E-state index in [4.69, 9.17) is 21.1 Å². The Balaban J connectivity index is 1.38. The van der Waals surface area contributed by atoms with Crippen LogP contribution in [0.15, 0.2) is 72.8 Å². The molecule has 37 heavy (non-hydrogen) atoms. The van der Waals surface area contributed by atoms with Gasteiger partial charge in [0.25, 0.3) is 5.91 Å². The van der Waals surface area contributed by atoms with Crippen LogP contribution in [0.1, 0.15) is 50.3 Å². The maximum absolute atomic E-state index is 12.5. The van der Waals surface area contributed by atoms with Gasteiger partial charge >= 0.3 is 0 Å². The lowest BCUT2D eigenvalue weighted by Crippen LogP contribution is -2.31. The van der Waals surface area contributed by atoms with Crippen LogP contribution in [-0.4, -0.2) is 25.0 Å². The summed E-state index contributed by atoms with van der Waals surface area (Å²) in [6.07, 6.45) is 0.979. The van der Waals surface area contributed by atoms with Crippen molar-refractivity contribution in [1.82, 2.24) is 0 Å². The number of rotatable bonds is 8. The predicted octanol–water partition coefficient (Wildman–Crippen LogP) is 6.83. The molecule has 3 atom stereocenters. The lowest BCUT2D eigenvalue weighted by molar-refractivity contribution is -0.118. The smallest absolute Gasteiger partial charge is 0.262 e. The molecule has 7 heteroatoms. The van der Waals surface area contributed by atoms with Crippen LogP contribution in [0.4, 0.5) is 11.4 Å². The number of hydrogen-bond acceptors (Lipinski definition) is 4. The molecule has 0 unspecified atom stereocenters. The van der Waals surface area contributed by atoms with Gasteiger partial charge < -0.3 is 20.1 Å². The number of amides is 2. The molecular formula is C30H33ClN2O4. The van der Waals surface area contributed by atoms with Crippen LogP contribution in [0.3, 0.4) is 0 Å². The SMILES string of the molecule is CC(=O)Nc1cccc(NC(=O)COc2cccc([C@@H]3OC[C@@H](c4ccc(Cl)cc4)C[C@H]3C(C)C)c2)c1. The molecule has 0 aliphatic carbocycles. The minimum atomic E-state index is -0.287. The highest BCUT2D eigenvalue weighted by Gasteiger charge is 2.35.